The predicted molar refractivity (Wildman–Crippen MR) is 54.5 cm³/mol. The van der Waals surface area contributed by atoms with Gasteiger partial charge in [0.1, 0.15) is 5.75 Å². The predicted octanol–water partition coefficient (Wildman–Crippen LogP) is 3.40. The molecule has 1 radical (unpaired) electrons. The van der Waals surface area contributed by atoms with Gasteiger partial charge < -0.3 is 4.74 Å². The molecule has 0 fully saturated rings. The highest BCUT2D eigenvalue weighted by molar-refractivity contribution is 9.10. The summed E-state index contributed by atoms with van der Waals surface area (Å²) in [5, 5.41) is 0. The van der Waals surface area contributed by atoms with E-state index in [9.17, 15) is 0 Å². The summed E-state index contributed by atoms with van der Waals surface area (Å²) in [6.45, 7) is 6.00. The third kappa shape index (κ3) is 2.01. The van der Waals surface area contributed by atoms with Crippen molar-refractivity contribution in [3.63, 3.8) is 0 Å². The number of hydrogen-bond donors (Lipinski definition) is 0. The molecule has 0 spiro atoms. The second-order valence-electron chi connectivity index (χ2n) is 2.79. The first-order chi connectivity index (χ1) is 5.65. The van der Waals surface area contributed by atoms with Gasteiger partial charge in [-0.25, -0.2) is 0 Å². The number of methoxy groups -OCH3 is 1. The van der Waals surface area contributed by atoms with Crippen LogP contribution in [0.2, 0.25) is 0 Å². The molecule has 0 aliphatic carbocycles. The molecule has 1 atom stereocenters. The Labute approximate surface area is 81.9 Å². The molecule has 0 aliphatic rings. The topological polar surface area (TPSA) is 9.23 Å². The van der Waals surface area contributed by atoms with E-state index in [1.807, 2.05) is 25.1 Å². The summed E-state index contributed by atoms with van der Waals surface area (Å²) >= 11 is 3.41. The minimum absolute atomic E-state index is 0.248. The van der Waals surface area contributed by atoms with Crippen LogP contribution in [-0.4, -0.2) is 7.11 Å². The molecule has 12 heavy (non-hydrogen) atoms. The van der Waals surface area contributed by atoms with Crippen molar-refractivity contribution in [3.8, 4) is 5.75 Å². The molecule has 0 bridgehead atoms. The zero-order valence-electron chi connectivity index (χ0n) is 7.30. The Hall–Kier alpha value is -0.500. The van der Waals surface area contributed by atoms with Crippen LogP contribution >= 0.6 is 15.9 Å². The van der Waals surface area contributed by atoms with E-state index in [0.717, 1.165) is 15.8 Å². The van der Waals surface area contributed by atoms with Crippen molar-refractivity contribution in [2.75, 3.05) is 7.11 Å². The molecule has 1 unspecified atom stereocenters. The van der Waals surface area contributed by atoms with E-state index < -0.39 is 0 Å². The zero-order chi connectivity index (χ0) is 9.14. The molecule has 0 amide bonds. The zero-order valence-corrected chi connectivity index (χ0v) is 8.89. The van der Waals surface area contributed by atoms with Crippen molar-refractivity contribution >= 4 is 15.9 Å². The number of rotatable bonds is 2. The Bertz CT molecular complexity index is 269. The Balaban J connectivity index is 3.12. The fraction of sp³-hybridized carbons (Fsp3) is 0.300. The molecule has 0 aromatic heterocycles. The number of ether oxygens (including phenoxy) is 1. The van der Waals surface area contributed by atoms with Crippen LogP contribution in [0.5, 0.6) is 5.75 Å². The first kappa shape index (κ1) is 9.59. The molecule has 1 rings (SSSR count). The van der Waals surface area contributed by atoms with E-state index in [1.54, 1.807) is 7.11 Å². The Morgan fingerprint density at radius 1 is 1.50 bits per heavy atom. The molecule has 2 heteroatoms. The summed E-state index contributed by atoms with van der Waals surface area (Å²) in [4.78, 5) is 0. The first-order valence-corrected chi connectivity index (χ1v) is 4.61. The normalized spacial score (nSPS) is 10.4. The van der Waals surface area contributed by atoms with E-state index in [2.05, 4.69) is 22.9 Å². The summed E-state index contributed by atoms with van der Waals surface area (Å²) < 4.78 is 6.26. The fourth-order valence-electron chi connectivity index (χ4n) is 1.09. The lowest BCUT2D eigenvalue weighted by atomic mass is 10.0. The smallest absolute Gasteiger partial charge is 0.122 e. The monoisotopic (exact) mass is 227 g/mol. The average Bonchev–Trinajstić information content (AvgIpc) is 2.04. The highest BCUT2D eigenvalue weighted by Gasteiger charge is 2.06. The lowest BCUT2D eigenvalue weighted by Crippen LogP contribution is -1.93. The summed E-state index contributed by atoms with van der Waals surface area (Å²) in [6, 6.07) is 5.95. The van der Waals surface area contributed by atoms with Gasteiger partial charge in [0, 0.05) is 4.47 Å². The van der Waals surface area contributed by atoms with Crippen molar-refractivity contribution in [2.24, 2.45) is 0 Å². The van der Waals surface area contributed by atoms with Crippen molar-refractivity contribution < 1.29 is 4.74 Å². The van der Waals surface area contributed by atoms with Gasteiger partial charge in [0.15, 0.2) is 0 Å². The summed E-state index contributed by atoms with van der Waals surface area (Å²) in [5.74, 6) is 1.15. The van der Waals surface area contributed by atoms with E-state index >= 15 is 0 Å². The molecule has 65 valence electrons. The SMILES string of the molecule is [CH2]C(C)c1cc(Br)ccc1OC. The van der Waals surface area contributed by atoms with Crippen LogP contribution in [0.15, 0.2) is 22.7 Å². The average molecular weight is 228 g/mol. The van der Waals surface area contributed by atoms with Crippen molar-refractivity contribution in [1.29, 1.82) is 0 Å². The molecular formula is C10H12BrO. The van der Waals surface area contributed by atoms with Gasteiger partial charge >= 0.3 is 0 Å². The Morgan fingerprint density at radius 3 is 2.67 bits per heavy atom. The number of hydrogen-bond acceptors (Lipinski definition) is 1. The van der Waals surface area contributed by atoms with Crippen LogP contribution < -0.4 is 4.74 Å². The van der Waals surface area contributed by atoms with Crippen molar-refractivity contribution in [2.45, 2.75) is 12.8 Å². The first-order valence-electron chi connectivity index (χ1n) is 3.81. The maximum atomic E-state index is 5.20. The molecular weight excluding hydrogens is 216 g/mol. The highest BCUT2D eigenvalue weighted by Crippen LogP contribution is 2.28. The molecule has 0 heterocycles. The lowest BCUT2D eigenvalue weighted by molar-refractivity contribution is 0.408. The number of halogens is 1. The van der Waals surface area contributed by atoms with E-state index in [1.165, 1.54) is 0 Å². The van der Waals surface area contributed by atoms with Crippen LogP contribution in [-0.2, 0) is 0 Å². The maximum absolute atomic E-state index is 5.20. The van der Waals surface area contributed by atoms with Gasteiger partial charge in [-0.2, -0.15) is 0 Å². The minimum Gasteiger partial charge on any atom is -0.496 e. The van der Waals surface area contributed by atoms with Gasteiger partial charge in [0.05, 0.1) is 7.11 Å². The molecule has 0 aliphatic heterocycles. The standard InChI is InChI=1S/C10H12BrO/c1-7(2)9-6-8(11)4-5-10(9)12-3/h4-7H,1H2,2-3H3. The quantitative estimate of drug-likeness (QED) is 0.753. The molecule has 1 aromatic rings. The second kappa shape index (κ2) is 3.94. The Kier molecular flexibility index (Phi) is 3.15. The van der Waals surface area contributed by atoms with Crippen LogP contribution in [0.25, 0.3) is 0 Å². The summed E-state index contributed by atoms with van der Waals surface area (Å²) in [6.07, 6.45) is 0. The van der Waals surface area contributed by atoms with Gasteiger partial charge in [-0.05, 0) is 36.6 Å². The van der Waals surface area contributed by atoms with Crippen LogP contribution in [0, 0.1) is 6.92 Å². The highest BCUT2D eigenvalue weighted by atomic mass is 79.9. The van der Waals surface area contributed by atoms with Crippen LogP contribution in [0.4, 0.5) is 0 Å². The molecule has 1 aromatic carbocycles. The van der Waals surface area contributed by atoms with Gasteiger partial charge in [-0.3, -0.25) is 0 Å². The maximum Gasteiger partial charge on any atom is 0.122 e. The van der Waals surface area contributed by atoms with E-state index in [0.29, 0.717) is 0 Å². The molecule has 0 saturated carbocycles. The third-order valence-corrected chi connectivity index (χ3v) is 2.22. The summed E-state index contributed by atoms with van der Waals surface area (Å²) in [5.41, 5.74) is 1.13. The molecule has 1 nitrogen and oxygen atoms in total. The van der Waals surface area contributed by atoms with Crippen LogP contribution in [0.1, 0.15) is 18.4 Å². The van der Waals surface area contributed by atoms with Gasteiger partial charge in [-0.1, -0.05) is 22.9 Å². The van der Waals surface area contributed by atoms with Crippen molar-refractivity contribution in [1.82, 2.24) is 0 Å². The van der Waals surface area contributed by atoms with E-state index in [4.69, 9.17) is 4.74 Å². The third-order valence-electron chi connectivity index (χ3n) is 1.72. The second-order valence-corrected chi connectivity index (χ2v) is 3.70. The molecule has 0 N–H and O–H groups in total. The minimum atomic E-state index is 0.248. The van der Waals surface area contributed by atoms with E-state index in [-0.39, 0.29) is 5.92 Å². The molecule has 0 saturated heterocycles. The Morgan fingerprint density at radius 2 is 2.17 bits per heavy atom. The van der Waals surface area contributed by atoms with Crippen LogP contribution in [0.3, 0.4) is 0 Å². The number of benzene rings is 1. The van der Waals surface area contributed by atoms with Gasteiger partial charge in [-0.15, -0.1) is 0 Å². The largest absolute Gasteiger partial charge is 0.496 e. The van der Waals surface area contributed by atoms with Crippen molar-refractivity contribution in [3.05, 3.63) is 35.2 Å². The summed E-state index contributed by atoms with van der Waals surface area (Å²) in [7, 11) is 1.68. The van der Waals surface area contributed by atoms with Gasteiger partial charge in [0.25, 0.3) is 0 Å². The fourth-order valence-corrected chi connectivity index (χ4v) is 1.47. The lowest BCUT2D eigenvalue weighted by Gasteiger charge is -2.11. The van der Waals surface area contributed by atoms with Gasteiger partial charge in [0.2, 0.25) is 0 Å².